The summed E-state index contributed by atoms with van der Waals surface area (Å²) < 4.78 is 5.29. The predicted molar refractivity (Wildman–Crippen MR) is 74.3 cm³/mol. The van der Waals surface area contributed by atoms with Crippen LogP contribution < -0.4 is 10.1 Å². The molecule has 1 aliphatic carbocycles. The molecule has 1 aromatic heterocycles. The average Bonchev–Trinajstić information content (AvgIpc) is 2.92. The highest BCUT2D eigenvalue weighted by atomic mass is 32.1. The van der Waals surface area contributed by atoms with E-state index < -0.39 is 0 Å². The molecule has 2 aromatic rings. The molecule has 0 amide bonds. The number of hydrogen-bond acceptors (Lipinski definition) is 4. The summed E-state index contributed by atoms with van der Waals surface area (Å²) in [6.07, 6.45) is 1.01. The van der Waals surface area contributed by atoms with E-state index in [-0.39, 0.29) is 0 Å². The van der Waals surface area contributed by atoms with Crippen molar-refractivity contribution in [2.75, 3.05) is 13.7 Å². The molecule has 0 atom stereocenters. The van der Waals surface area contributed by atoms with Gasteiger partial charge in [-0.15, -0.1) is 11.3 Å². The predicted octanol–water partition coefficient (Wildman–Crippen LogP) is 2.83. The first kappa shape index (κ1) is 11.7. The van der Waals surface area contributed by atoms with Gasteiger partial charge < -0.3 is 10.1 Å². The van der Waals surface area contributed by atoms with Crippen LogP contribution in [0.5, 0.6) is 5.75 Å². The topological polar surface area (TPSA) is 34.2 Å². The summed E-state index contributed by atoms with van der Waals surface area (Å²) >= 11 is 1.82. The zero-order valence-corrected chi connectivity index (χ0v) is 11.4. The largest absolute Gasteiger partial charge is 0.497 e. The molecular weight excluding hydrogens is 244 g/mol. The molecule has 0 saturated carbocycles. The molecule has 1 aromatic carbocycles. The van der Waals surface area contributed by atoms with E-state index >= 15 is 0 Å². The van der Waals surface area contributed by atoms with Crippen molar-refractivity contribution in [2.45, 2.75) is 19.9 Å². The van der Waals surface area contributed by atoms with Gasteiger partial charge in [0.05, 0.1) is 12.8 Å². The average molecular weight is 260 g/mol. The second kappa shape index (κ2) is 4.71. The molecule has 3 rings (SSSR count). The lowest BCUT2D eigenvalue weighted by Gasteiger charge is -2.03. The Morgan fingerprint density at radius 2 is 2.33 bits per heavy atom. The fourth-order valence-electron chi connectivity index (χ4n) is 2.27. The van der Waals surface area contributed by atoms with Crippen molar-refractivity contribution in [1.29, 1.82) is 0 Å². The Morgan fingerprint density at radius 1 is 1.44 bits per heavy atom. The van der Waals surface area contributed by atoms with Crippen LogP contribution in [-0.4, -0.2) is 18.6 Å². The van der Waals surface area contributed by atoms with E-state index in [1.807, 2.05) is 17.4 Å². The van der Waals surface area contributed by atoms with Gasteiger partial charge in [-0.05, 0) is 24.2 Å². The maximum absolute atomic E-state index is 5.29. The van der Waals surface area contributed by atoms with Crippen LogP contribution in [0.15, 0.2) is 18.2 Å². The van der Waals surface area contributed by atoms with Crippen LogP contribution in [0.1, 0.15) is 22.4 Å². The molecule has 0 spiro atoms. The molecule has 0 fully saturated rings. The molecule has 0 radical (unpaired) electrons. The number of fused-ring (bicyclic) bond motifs is 3. The second-order valence-electron chi connectivity index (χ2n) is 4.36. The number of hydrogen-bond donors (Lipinski definition) is 1. The highest BCUT2D eigenvalue weighted by molar-refractivity contribution is 7.12. The minimum Gasteiger partial charge on any atom is -0.497 e. The molecule has 0 aliphatic heterocycles. The number of nitrogens with zero attached hydrogens (tertiary/aromatic N) is 1. The molecule has 0 saturated heterocycles. The van der Waals surface area contributed by atoms with Crippen molar-refractivity contribution >= 4 is 11.3 Å². The van der Waals surface area contributed by atoms with Gasteiger partial charge in [-0.1, -0.05) is 13.0 Å². The maximum Gasteiger partial charge on any atom is 0.119 e. The summed E-state index contributed by atoms with van der Waals surface area (Å²) in [4.78, 5) is 6.13. The number of benzene rings is 1. The van der Waals surface area contributed by atoms with Crippen LogP contribution in [0.2, 0.25) is 0 Å². The van der Waals surface area contributed by atoms with Crippen molar-refractivity contribution in [2.24, 2.45) is 0 Å². The molecule has 1 heterocycles. The van der Waals surface area contributed by atoms with E-state index in [1.165, 1.54) is 21.0 Å². The number of thiazole rings is 1. The van der Waals surface area contributed by atoms with Gasteiger partial charge in [0.2, 0.25) is 0 Å². The van der Waals surface area contributed by atoms with Crippen LogP contribution in [0.25, 0.3) is 11.3 Å². The third-order valence-corrected chi connectivity index (χ3v) is 4.25. The molecule has 94 valence electrons. The van der Waals surface area contributed by atoms with E-state index in [0.29, 0.717) is 0 Å². The standard InChI is InChI=1S/C14H16N2OS/c1-3-15-8-13-16-14-11-7-10(17-2)5-4-9(11)6-12(14)18-13/h4-5,7,15H,3,6,8H2,1-2H3. The van der Waals surface area contributed by atoms with Crippen LogP contribution in [0.3, 0.4) is 0 Å². The van der Waals surface area contributed by atoms with Crippen LogP contribution in [0, 0.1) is 0 Å². The van der Waals surface area contributed by atoms with Gasteiger partial charge in [0.15, 0.2) is 0 Å². The maximum atomic E-state index is 5.29. The second-order valence-corrected chi connectivity index (χ2v) is 5.53. The highest BCUT2D eigenvalue weighted by Gasteiger charge is 2.23. The first-order valence-electron chi connectivity index (χ1n) is 6.18. The van der Waals surface area contributed by atoms with Crippen molar-refractivity contribution in [1.82, 2.24) is 10.3 Å². The van der Waals surface area contributed by atoms with Gasteiger partial charge in [-0.25, -0.2) is 4.98 Å². The Hall–Kier alpha value is -1.39. The molecule has 0 bridgehead atoms. The minimum atomic E-state index is 0.869. The number of rotatable bonds is 4. The zero-order chi connectivity index (χ0) is 12.5. The fraction of sp³-hybridized carbons (Fsp3) is 0.357. The van der Waals surface area contributed by atoms with Gasteiger partial charge in [0, 0.05) is 23.4 Å². The van der Waals surface area contributed by atoms with Gasteiger partial charge >= 0.3 is 0 Å². The lowest BCUT2D eigenvalue weighted by molar-refractivity contribution is 0.415. The fourth-order valence-corrected chi connectivity index (χ4v) is 3.34. The van der Waals surface area contributed by atoms with Gasteiger partial charge in [-0.3, -0.25) is 0 Å². The summed E-state index contributed by atoms with van der Waals surface area (Å²) in [5.41, 5.74) is 3.75. The molecular formula is C14H16N2OS. The van der Waals surface area contributed by atoms with Crippen molar-refractivity contribution in [3.63, 3.8) is 0 Å². The van der Waals surface area contributed by atoms with Gasteiger partial charge in [0.1, 0.15) is 10.8 Å². The molecule has 4 heteroatoms. The van der Waals surface area contributed by atoms with E-state index in [2.05, 4.69) is 24.4 Å². The normalized spacial score (nSPS) is 12.3. The van der Waals surface area contributed by atoms with Crippen LogP contribution in [-0.2, 0) is 13.0 Å². The summed E-state index contributed by atoms with van der Waals surface area (Å²) in [7, 11) is 1.70. The van der Waals surface area contributed by atoms with Gasteiger partial charge in [-0.2, -0.15) is 0 Å². The van der Waals surface area contributed by atoms with Crippen molar-refractivity contribution in [3.8, 4) is 17.0 Å². The third kappa shape index (κ3) is 1.91. The van der Waals surface area contributed by atoms with E-state index in [9.17, 15) is 0 Å². The first-order chi connectivity index (χ1) is 8.81. The Kier molecular flexibility index (Phi) is 3.06. The molecule has 18 heavy (non-hydrogen) atoms. The summed E-state index contributed by atoms with van der Waals surface area (Å²) in [6.45, 7) is 3.96. The molecule has 0 unspecified atom stereocenters. The Balaban J connectivity index is 1.95. The van der Waals surface area contributed by atoms with E-state index in [1.54, 1.807) is 7.11 Å². The molecule has 1 aliphatic rings. The van der Waals surface area contributed by atoms with Crippen LogP contribution in [0.4, 0.5) is 0 Å². The van der Waals surface area contributed by atoms with E-state index in [0.717, 1.165) is 31.0 Å². The molecule has 3 nitrogen and oxygen atoms in total. The lowest BCUT2D eigenvalue weighted by atomic mass is 10.1. The first-order valence-corrected chi connectivity index (χ1v) is 7.00. The number of aromatic nitrogens is 1. The van der Waals surface area contributed by atoms with Crippen LogP contribution >= 0.6 is 11.3 Å². The Labute approximate surface area is 111 Å². The van der Waals surface area contributed by atoms with E-state index in [4.69, 9.17) is 9.72 Å². The highest BCUT2D eigenvalue weighted by Crippen LogP contribution is 2.40. The third-order valence-electron chi connectivity index (χ3n) is 3.19. The monoisotopic (exact) mass is 260 g/mol. The number of ether oxygens (including phenoxy) is 1. The Morgan fingerprint density at radius 3 is 3.11 bits per heavy atom. The molecule has 1 N–H and O–H groups in total. The summed E-state index contributed by atoms with van der Waals surface area (Å²) in [5.74, 6) is 0.905. The zero-order valence-electron chi connectivity index (χ0n) is 10.6. The van der Waals surface area contributed by atoms with Gasteiger partial charge in [0.25, 0.3) is 0 Å². The number of methoxy groups -OCH3 is 1. The quantitative estimate of drug-likeness (QED) is 0.783. The minimum absolute atomic E-state index is 0.869. The van der Waals surface area contributed by atoms with Crippen molar-refractivity contribution < 1.29 is 4.74 Å². The lowest BCUT2D eigenvalue weighted by Crippen LogP contribution is -2.11. The SMILES string of the molecule is CCNCc1nc2c(s1)Cc1ccc(OC)cc1-2. The summed E-state index contributed by atoms with van der Waals surface area (Å²) in [6, 6.07) is 6.26. The smallest absolute Gasteiger partial charge is 0.119 e. The Bertz CT molecular complexity index is 577. The summed E-state index contributed by atoms with van der Waals surface area (Å²) in [5, 5.41) is 4.50. The number of nitrogens with one attached hydrogen (secondary N) is 1. The van der Waals surface area contributed by atoms with Crippen molar-refractivity contribution in [3.05, 3.63) is 33.6 Å².